The smallest absolute Gasteiger partial charge is 0.274 e. The second-order valence-electron chi connectivity index (χ2n) is 7.65. The quantitative estimate of drug-likeness (QED) is 0.473. The number of aryl methyl sites for hydroxylation is 1. The predicted octanol–water partition coefficient (Wildman–Crippen LogP) is 4.85. The number of amides is 1. The average molecular weight is 421 g/mol. The lowest BCUT2D eigenvalue weighted by molar-refractivity contribution is 0.0709. The van der Waals surface area contributed by atoms with Gasteiger partial charge < -0.3 is 13.7 Å². The molecule has 0 radical (unpaired) electrons. The van der Waals surface area contributed by atoms with Gasteiger partial charge in [-0.1, -0.05) is 29.8 Å². The lowest BCUT2D eigenvalue weighted by atomic mass is 10.1. The molecule has 0 bridgehead atoms. The van der Waals surface area contributed by atoms with E-state index in [9.17, 15) is 4.79 Å². The molecular weight excluding hydrogens is 400 g/mol. The minimum absolute atomic E-state index is 0.0851. The highest BCUT2D eigenvalue weighted by atomic mass is 35.5. The molecule has 5 rings (SSSR count). The van der Waals surface area contributed by atoms with Crippen molar-refractivity contribution >= 4 is 23.2 Å². The number of carbonyl (C=O) groups is 1. The van der Waals surface area contributed by atoms with Crippen molar-refractivity contribution in [2.75, 3.05) is 6.54 Å². The lowest BCUT2D eigenvalue weighted by Gasteiger charge is -2.21. The molecule has 152 valence electrons. The molecule has 6 nitrogen and oxygen atoms in total. The van der Waals surface area contributed by atoms with Crippen LogP contribution >= 0.6 is 11.6 Å². The number of benzene rings is 1. The second-order valence-corrected chi connectivity index (χ2v) is 8.08. The van der Waals surface area contributed by atoms with Crippen LogP contribution in [-0.2, 0) is 6.42 Å². The summed E-state index contributed by atoms with van der Waals surface area (Å²) >= 11 is 5.96. The van der Waals surface area contributed by atoms with Crippen LogP contribution < -0.4 is 0 Å². The Bertz CT molecular complexity index is 1210. The standard InChI is InChI=1S/C23H21ClN4O2/c1-15-4-2-6-21-26-19(14-28(15)21)23(29)27-11-3-5-20(27)22-25-13-18(30-22)12-16-7-9-17(24)10-8-16/h2,4,6-10,13-14,20H,3,5,11-12H2,1H3/t20-/m1/s1. The van der Waals surface area contributed by atoms with E-state index < -0.39 is 0 Å². The Morgan fingerprint density at radius 2 is 2.07 bits per heavy atom. The van der Waals surface area contributed by atoms with Crippen LogP contribution in [-0.4, -0.2) is 31.7 Å². The number of hydrogen-bond donors (Lipinski definition) is 0. The Morgan fingerprint density at radius 1 is 1.23 bits per heavy atom. The largest absolute Gasteiger partial charge is 0.443 e. The van der Waals surface area contributed by atoms with Gasteiger partial charge in [0.1, 0.15) is 23.1 Å². The zero-order valence-electron chi connectivity index (χ0n) is 16.6. The van der Waals surface area contributed by atoms with Crippen LogP contribution in [0.3, 0.4) is 0 Å². The molecule has 1 aliphatic heterocycles. The number of pyridine rings is 1. The van der Waals surface area contributed by atoms with Gasteiger partial charge in [0.2, 0.25) is 5.89 Å². The van der Waals surface area contributed by atoms with Gasteiger partial charge in [0, 0.05) is 29.9 Å². The van der Waals surface area contributed by atoms with Crippen molar-refractivity contribution in [1.82, 2.24) is 19.3 Å². The molecule has 1 aromatic carbocycles. The van der Waals surface area contributed by atoms with E-state index in [1.165, 1.54) is 0 Å². The van der Waals surface area contributed by atoms with Crippen LogP contribution in [0.5, 0.6) is 0 Å². The Hall–Kier alpha value is -3.12. The van der Waals surface area contributed by atoms with Gasteiger partial charge in [0.25, 0.3) is 5.91 Å². The number of oxazole rings is 1. The molecule has 1 atom stereocenters. The number of aromatic nitrogens is 3. The first kappa shape index (κ1) is 18.9. The number of fused-ring (bicyclic) bond motifs is 1. The summed E-state index contributed by atoms with van der Waals surface area (Å²) in [6.45, 7) is 2.67. The molecule has 4 aromatic rings. The van der Waals surface area contributed by atoms with Crippen molar-refractivity contribution < 1.29 is 9.21 Å². The average Bonchev–Trinajstić information content (AvgIpc) is 3.48. The Labute approximate surface area is 179 Å². The molecule has 1 aliphatic rings. The number of hydrogen-bond acceptors (Lipinski definition) is 4. The zero-order chi connectivity index (χ0) is 20.7. The number of imidazole rings is 1. The third-order valence-corrected chi connectivity index (χ3v) is 5.83. The van der Waals surface area contributed by atoms with E-state index >= 15 is 0 Å². The summed E-state index contributed by atoms with van der Waals surface area (Å²) < 4.78 is 7.97. The molecular formula is C23H21ClN4O2. The number of carbonyl (C=O) groups excluding carboxylic acids is 1. The summed E-state index contributed by atoms with van der Waals surface area (Å²) in [7, 11) is 0. The van der Waals surface area contributed by atoms with E-state index in [2.05, 4.69) is 9.97 Å². The maximum absolute atomic E-state index is 13.2. The third-order valence-electron chi connectivity index (χ3n) is 5.58. The normalized spacial score (nSPS) is 16.5. The summed E-state index contributed by atoms with van der Waals surface area (Å²) in [6.07, 6.45) is 5.94. The van der Waals surface area contributed by atoms with Crippen LogP contribution in [0.15, 0.2) is 59.3 Å². The molecule has 1 fully saturated rings. The van der Waals surface area contributed by atoms with Crippen LogP contribution in [0.1, 0.15) is 52.3 Å². The van der Waals surface area contributed by atoms with E-state index in [-0.39, 0.29) is 11.9 Å². The topological polar surface area (TPSA) is 63.6 Å². The Kier molecular flexibility index (Phi) is 4.79. The van der Waals surface area contributed by atoms with Gasteiger partial charge >= 0.3 is 0 Å². The van der Waals surface area contributed by atoms with Gasteiger partial charge in [-0.15, -0.1) is 0 Å². The van der Waals surface area contributed by atoms with Crippen LogP contribution in [0.25, 0.3) is 5.65 Å². The van der Waals surface area contributed by atoms with Crippen molar-refractivity contribution in [3.63, 3.8) is 0 Å². The maximum atomic E-state index is 13.2. The van der Waals surface area contributed by atoms with E-state index in [4.69, 9.17) is 16.0 Å². The van der Waals surface area contributed by atoms with Crippen LogP contribution in [0, 0.1) is 6.92 Å². The summed E-state index contributed by atoms with van der Waals surface area (Å²) in [5.41, 5.74) is 3.36. The van der Waals surface area contributed by atoms with Gasteiger partial charge in [-0.2, -0.15) is 0 Å². The summed E-state index contributed by atoms with van der Waals surface area (Å²) in [5, 5.41) is 0.708. The second kappa shape index (κ2) is 7.61. The number of halogens is 1. The first-order valence-corrected chi connectivity index (χ1v) is 10.4. The molecule has 30 heavy (non-hydrogen) atoms. The first-order valence-electron chi connectivity index (χ1n) is 10.0. The summed E-state index contributed by atoms with van der Waals surface area (Å²) in [5.74, 6) is 1.28. The van der Waals surface area contributed by atoms with Crippen molar-refractivity contribution in [3.05, 3.63) is 88.5 Å². The highest BCUT2D eigenvalue weighted by molar-refractivity contribution is 6.30. The molecule has 4 heterocycles. The number of rotatable bonds is 4. The van der Waals surface area contributed by atoms with E-state index in [0.29, 0.717) is 29.6 Å². The van der Waals surface area contributed by atoms with E-state index in [1.54, 1.807) is 6.20 Å². The molecule has 0 spiro atoms. The lowest BCUT2D eigenvalue weighted by Crippen LogP contribution is -2.31. The molecule has 0 aliphatic carbocycles. The minimum atomic E-state index is -0.164. The zero-order valence-corrected chi connectivity index (χ0v) is 17.3. The first-order chi connectivity index (χ1) is 14.6. The van der Waals surface area contributed by atoms with E-state index in [0.717, 1.165) is 35.5 Å². The Balaban J connectivity index is 1.37. The van der Waals surface area contributed by atoms with Gasteiger partial charge in [0.05, 0.1) is 6.20 Å². The fourth-order valence-electron chi connectivity index (χ4n) is 4.03. The van der Waals surface area contributed by atoms with Gasteiger partial charge in [-0.05, 0) is 49.6 Å². The molecule has 1 amide bonds. The van der Waals surface area contributed by atoms with Gasteiger partial charge in [-0.25, -0.2) is 9.97 Å². The van der Waals surface area contributed by atoms with Crippen LogP contribution in [0.4, 0.5) is 0 Å². The summed E-state index contributed by atoms with van der Waals surface area (Å²) in [6, 6.07) is 13.4. The molecule has 3 aromatic heterocycles. The Morgan fingerprint density at radius 3 is 2.87 bits per heavy atom. The van der Waals surface area contributed by atoms with Crippen molar-refractivity contribution in [3.8, 4) is 0 Å². The van der Waals surface area contributed by atoms with Crippen LogP contribution in [0.2, 0.25) is 5.02 Å². The highest BCUT2D eigenvalue weighted by Crippen LogP contribution is 2.33. The minimum Gasteiger partial charge on any atom is -0.443 e. The molecule has 0 N–H and O–H groups in total. The van der Waals surface area contributed by atoms with Gasteiger partial charge in [0.15, 0.2) is 0 Å². The highest BCUT2D eigenvalue weighted by Gasteiger charge is 2.34. The third kappa shape index (κ3) is 3.48. The summed E-state index contributed by atoms with van der Waals surface area (Å²) in [4.78, 5) is 24.0. The SMILES string of the molecule is Cc1cccc2nc(C(=O)N3CCC[C@@H]3c3ncc(Cc4ccc(Cl)cc4)o3)cn12. The molecule has 1 saturated heterocycles. The van der Waals surface area contributed by atoms with Crippen molar-refractivity contribution in [1.29, 1.82) is 0 Å². The fraction of sp³-hybridized carbons (Fsp3) is 0.261. The van der Waals surface area contributed by atoms with Crippen molar-refractivity contribution in [2.45, 2.75) is 32.2 Å². The monoisotopic (exact) mass is 420 g/mol. The number of nitrogens with zero attached hydrogens (tertiary/aromatic N) is 4. The van der Waals surface area contributed by atoms with Gasteiger partial charge in [-0.3, -0.25) is 4.79 Å². The molecule has 0 saturated carbocycles. The predicted molar refractivity (Wildman–Crippen MR) is 114 cm³/mol. The van der Waals surface area contributed by atoms with Crippen molar-refractivity contribution in [2.24, 2.45) is 0 Å². The van der Waals surface area contributed by atoms with E-state index in [1.807, 2.05) is 64.9 Å². The number of likely N-dealkylation sites (tertiary alicyclic amines) is 1. The molecule has 0 unspecified atom stereocenters. The maximum Gasteiger partial charge on any atom is 0.274 e. The fourth-order valence-corrected chi connectivity index (χ4v) is 4.15. The molecule has 7 heteroatoms.